The summed E-state index contributed by atoms with van der Waals surface area (Å²) < 4.78 is 1.88. The summed E-state index contributed by atoms with van der Waals surface area (Å²) in [4.78, 5) is 17.6. The van der Waals surface area contributed by atoms with Gasteiger partial charge in [-0.15, -0.1) is 0 Å². The van der Waals surface area contributed by atoms with Gasteiger partial charge in [0.25, 0.3) is 5.91 Å². The van der Waals surface area contributed by atoms with Crippen molar-refractivity contribution in [1.29, 1.82) is 0 Å². The Bertz CT molecular complexity index is 823. The third-order valence-corrected chi connectivity index (χ3v) is 6.39. The molecule has 5 nitrogen and oxygen atoms in total. The van der Waals surface area contributed by atoms with Crippen LogP contribution in [0.2, 0.25) is 0 Å². The number of fused-ring (bicyclic) bond motifs is 1. The molecule has 0 bridgehead atoms. The van der Waals surface area contributed by atoms with Gasteiger partial charge in [-0.1, -0.05) is 26.0 Å². The number of hydrogen-bond acceptors (Lipinski definition) is 3. The molecule has 1 amide bonds. The number of carbonyl (C=O) groups excluding carboxylic acids is 1. The second-order valence-electron chi connectivity index (χ2n) is 9.41. The summed E-state index contributed by atoms with van der Waals surface area (Å²) in [7, 11) is 4.28. The molecule has 2 aromatic rings. The van der Waals surface area contributed by atoms with Gasteiger partial charge in [-0.3, -0.25) is 9.48 Å². The molecule has 1 saturated carbocycles. The minimum atomic E-state index is 0.167. The maximum absolute atomic E-state index is 13.2. The Kier molecular flexibility index (Phi) is 4.38. The molecule has 27 heavy (non-hydrogen) atoms. The first-order chi connectivity index (χ1) is 12.8. The molecule has 2 heterocycles. The van der Waals surface area contributed by atoms with E-state index in [1.807, 2.05) is 35.1 Å². The standard InChI is InChI=1S/C22H30N4O/c1-21(2)14-22(15-24(3)4)16-25(13-19(21)22)20(27)18-8-5-7-17(11-18)12-26-10-6-9-23-26/h5-11,19H,12-16H2,1-4H3/t19-,22+/m1/s1. The van der Waals surface area contributed by atoms with Crippen LogP contribution in [0.1, 0.15) is 36.2 Å². The van der Waals surface area contributed by atoms with E-state index < -0.39 is 0 Å². The molecule has 1 aliphatic carbocycles. The Balaban J connectivity index is 1.52. The van der Waals surface area contributed by atoms with E-state index in [1.54, 1.807) is 6.20 Å². The van der Waals surface area contributed by atoms with Crippen molar-refractivity contribution in [3.05, 3.63) is 53.9 Å². The van der Waals surface area contributed by atoms with Gasteiger partial charge < -0.3 is 9.80 Å². The first-order valence-electron chi connectivity index (χ1n) is 9.79. The Morgan fingerprint density at radius 3 is 2.78 bits per heavy atom. The molecule has 2 fully saturated rings. The maximum atomic E-state index is 13.2. The van der Waals surface area contributed by atoms with Crippen LogP contribution < -0.4 is 0 Å². The number of aromatic nitrogens is 2. The molecule has 5 heteroatoms. The van der Waals surface area contributed by atoms with Gasteiger partial charge in [-0.05, 0) is 55.6 Å². The summed E-state index contributed by atoms with van der Waals surface area (Å²) in [5, 5.41) is 4.26. The van der Waals surface area contributed by atoms with E-state index in [0.717, 1.165) is 30.8 Å². The number of rotatable bonds is 5. The van der Waals surface area contributed by atoms with Gasteiger partial charge in [0, 0.05) is 43.0 Å². The van der Waals surface area contributed by atoms with E-state index in [-0.39, 0.29) is 11.3 Å². The van der Waals surface area contributed by atoms with Gasteiger partial charge in [0.05, 0.1) is 6.54 Å². The third kappa shape index (κ3) is 3.29. The van der Waals surface area contributed by atoms with E-state index in [9.17, 15) is 4.79 Å². The van der Waals surface area contributed by atoms with Crippen LogP contribution in [0.3, 0.4) is 0 Å². The second kappa shape index (κ2) is 6.48. The quantitative estimate of drug-likeness (QED) is 0.817. The molecule has 0 radical (unpaired) electrons. The lowest BCUT2D eigenvalue weighted by Crippen LogP contribution is -2.57. The van der Waals surface area contributed by atoms with Crippen molar-refractivity contribution in [3.63, 3.8) is 0 Å². The first kappa shape index (κ1) is 18.2. The van der Waals surface area contributed by atoms with Crippen LogP contribution in [-0.2, 0) is 6.54 Å². The lowest BCUT2D eigenvalue weighted by Gasteiger charge is -2.57. The minimum Gasteiger partial charge on any atom is -0.338 e. The monoisotopic (exact) mass is 366 g/mol. The van der Waals surface area contributed by atoms with Gasteiger partial charge >= 0.3 is 0 Å². The highest BCUT2D eigenvalue weighted by molar-refractivity contribution is 5.94. The fourth-order valence-corrected chi connectivity index (χ4v) is 5.69. The van der Waals surface area contributed by atoms with E-state index >= 15 is 0 Å². The molecular weight excluding hydrogens is 336 g/mol. The normalized spacial score (nSPS) is 26.1. The molecule has 1 aromatic carbocycles. The highest BCUT2D eigenvalue weighted by Gasteiger charge is 2.63. The molecule has 1 aromatic heterocycles. The summed E-state index contributed by atoms with van der Waals surface area (Å²) >= 11 is 0. The van der Waals surface area contributed by atoms with E-state index in [0.29, 0.717) is 17.9 Å². The van der Waals surface area contributed by atoms with Gasteiger partial charge in [0.15, 0.2) is 0 Å². The first-order valence-corrected chi connectivity index (χ1v) is 9.79. The predicted octanol–water partition coefficient (Wildman–Crippen LogP) is 2.98. The van der Waals surface area contributed by atoms with Crippen LogP contribution in [0.4, 0.5) is 0 Å². The molecule has 1 aliphatic heterocycles. The zero-order valence-electron chi connectivity index (χ0n) is 16.9. The number of hydrogen-bond donors (Lipinski definition) is 0. The van der Waals surface area contributed by atoms with Gasteiger partial charge in [0.1, 0.15) is 0 Å². The van der Waals surface area contributed by atoms with E-state index in [2.05, 4.69) is 48.9 Å². The fourth-order valence-electron chi connectivity index (χ4n) is 5.69. The summed E-state index contributed by atoms with van der Waals surface area (Å²) in [5.74, 6) is 0.754. The summed E-state index contributed by atoms with van der Waals surface area (Å²) in [6.07, 6.45) is 4.92. The van der Waals surface area contributed by atoms with Crippen molar-refractivity contribution < 1.29 is 4.79 Å². The lowest BCUT2D eigenvalue weighted by molar-refractivity contribution is -0.0789. The number of nitrogens with zero attached hydrogens (tertiary/aromatic N) is 4. The van der Waals surface area contributed by atoms with E-state index in [1.165, 1.54) is 6.42 Å². The van der Waals surface area contributed by atoms with Gasteiger partial charge in [-0.25, -0.2) is 0 Å². The third-order valence-electron chi connectivity index (χ3n) is 6.39. The molecule has 4 rings (SSSR count). The van der Waals surface area contributed by atoms with Crippen LogP contribution in [0, 0.1) is 16.7 Å². The van der Waals surface area contributed by atoms with Crippen LogP contribution in [0.5, 0.6) is 0 Å². The Morgan fingerprint density at radius 2 is 2.11 bits per heavy atom. The van der Waals surface area contributed by atoms with Gasteiger partial charge in [0.2, 0.25) is 0 Å². The Labute approximate surface area is 162 Å². The number of likely N-dealkylation sites (tertiary alicyclic amines) is 1. The molecular formula is C22H30N4O. The summed E-state index contributed by atoms with van der Waals surface area (Å²) in [6.45, 7) is 8.21. The maximum Gasteiger partial charge on any atom is 0.253 e. The highest BCUT2D eigenvalue weighted by Crippen LogP contribution is 2.62. The highest BCUT2D eigenvalue weighted by atomic mass is 16.2. The predicted molar refractivity (Wildman–Crippen MR) is 107 cm³/mol. The average molecular weight is 367 g/mol. The van der Waals surface area contributed by atoms with Crippen LogP contribution in [0.15, 0.2) is 42.7 Å². The molecule has 2 atom stereocenters. The molecule has 1 saturated heterocycles. The second-order valence-corrected chi connectivity index (χ2v) is 9.41. The minimum absolute atomic E-state index is 0.167. The number of amides is 1. The van der Waals surface area contributed by atoms with Crippen molar-refractivity contribution in [1.82, 2.24) is 19.6 Å². The Hall–Kier alpha value is -2.14. The largest absolute Gasteiger partial charge is 0.338 e. The molecule has 0 spiro atoms. The lowest BCUT2D eigenvalue weighted by atomic mass is 9.48. The number of carbonyl (C=O) groups is 1. The van der Waals surface area contributed by atoms with Crippen molar-refractivity contribution in [2.75, 3.05) is 33.7 Å². The van der Waals surface area contributed by atoms with Crippen LogP contribution in [-0.4, -0.2) is 59.2 Å². The van der Waals surface area contributed by atoms with Gasteiger partial charge in [-0.2, -0.15) is 5.10 Å². The van der Waals surface area contributed by atoms with Crippen molar-refractivity contribution in [3.8, 4) is 0 Å². The average Bonchev–Trinajstić information content (AvgIpc) is 3.20. The van der Waals surface area contributed by atoms with Crippen LogP contribution in [0.25, 0.3) is 0 Å². The topological polar surface area (TPSA) is 41.4 Å². The SMILES string of the molecule is CN(C)C[C@@]12CN(C(=O)c3cccc(Cn4cccn4)c3)C[C@@H]1C(C)(C)C2. The summed E-state index contributed by atoms with van der Waals surface area (Å²) in [5.41, 5.74) is 2.48. The zero-order chi connectivity index (χ0) is 19.2. The Morgan fingerprint density at radius 1 is 1.30 bits per heavy atom. The molecule has 0 N–H and O–H groups in total. The van der Waals surface area contributed by atoms with Crippen molar-refractivity contribution in [2.45, 2.75) is 26.8 Å². The summed E-state index contributed by atoms with van der Waals surface area (Å²) in [6, 6.07) is 9.92. The number of benzene rings is 1. The van der Waals surface area contributed by atoms with Crippen molar-refractivity contribution >= 4 is 5.91 Å². The smallest absolute Gasteiger partial charge is 0.253 e. The molecule has 144 valence electrons. The van der Waals surface area contributed by atoms with Crippen molar-refractivity contribution in [2.24, 2.45) is 16.7 Å². The van der Waals surface area contributed by atoms with E-state index in [4.69, 9.17) is 0 Å². The zero-order valence-corrected chi connectivity index (χ0v) is 16.9. The fraction of sp³-hybridized carbons (Fsp3) is 0.545. The molecule has 0 unspecified atom stereocenters. The van der Waals surface area contributed by atoms with Crippen LogP contribution >= 0.6 is 0 Å². The molecule has 2 aliphatic rings.